The first kappa shape index (κ1) is 24.9. The van der Waals surface area contributed by atoms with Crippen molar-refractivity contribution < 1.29 is 22.3 Å². The molecule has 33 heavy (non-hydrogen) atoms. The minimum absolute atomic E-state index is 0.0821. The van der Waals surface area contributed by atoms with Gasteiger partial charge in [-0.1, -0.05) is 18.2 Å². The third-order valence-corrected chi connectivity index (χ3v) is 7.32. The largest absolute Gasteiger partial charge is 0.465 e. The van der Waals surface area contributed by atoms with Gasteiger partial charge in [-0.2, -0.15) is 0 Å². The number of benzene rings is 2. The smallest absolute Gasteiger partial charge is 0.337 e. The van der Waals surface area contributed by atoms with Crippen LogP contribution in [0.1, 0.15) is 16.1 Å². The summed E-state index contributed by atoms with van der Waals surface area (Å²) in [4.78, 5) is 14.6. The van der Waals surface area contributed by atoms with Crippen LogP contribution in [0.15, 0.2) is 59.3 Å². The second-order valence-corrected chi connectivity index (χ2v) is 9.99. The molecule has 3 aromatic rings. The van der Waals surface area contributed by atoms with Crippen molar-refractivity contribution in [3.8, 4) is 11.1 Å². The third kappa shape index (κ3) is 4.96. The Labute approximate surface area is 197 Å². The van der Waals surface area contributed by atoms with Gasteiger partial charge in [0, 0.05) is 37.3 Å². The number of halogens is 2. The topological polar surface area (TPSA) is 80.6 Å². The van der Waals surface area contributed by atoms with Crippen LogP contribution < -0.4 is 4.84 Å². The molecule has 0 unspecified atom stereocenters. The molecule has 1 N–H and O–H groups in total. The van der Waals surface area contributed by atoms with Crippen molar-refractivity contribution in [2.24, 2.45) is 0 Å². The summed E-state index contributed by atoms with van der Waals surface area (Å²) in [6.45, 7) is 1.89. The molecule has 0 radical (unpaired) electrons. The second kappa shape index (κ2) is 10.0. The summed E-state index contributed by atoms with van der Waals surface area (Å²) >= 11 is 5.43. The average Bonchev–Trinajstić information content (AvgIpc) is 3.07. The molecule has 10 heteroatoms. The van der Waals surface area contributed by atoms with Crippen molar-refractivity contribution in [2.45, 2.75) is 18.4 Å². The van der Waals surface area contributed by atoms with Crippen LogP contribution in [-0.2, 0) is 21.3 Å². The van der Waals surface area contributed by atoms with Crippen LogP contribution in [0.4, 0.5) is 4.39 Å². The minimum Gasteiger partial charge on any atom is -0.465 e. The third-order valence-electron chi connectivity index (χ3n) is 5.36. The molecule has 0 bridgehead atoms. The van der Waals surface area contributed by atoms with E-state index in [4.69, 9.17) is 16.5 Å². The summed E-state index contributed by atoms with van der Waals surface area (Å²) < 4.78 is 47.6. The molecule has 3 rings (SSSR count). The summed E-state index contributed by atoms with van der Waals surface area (Å²) in [6.07, 6.45) is 1.33. The molecule has 0 aliphatic heterocycles. The zero-order valence-corrected chi connectivity index (χ0v) is 20.3. The Bertz CT molecular complexity index is 1330. The molecule has 1 heterocycles. The van der Waals surface area contributed by atoms with Gasteiger partial charge in [0.2, 0.25) is 10.0 Å². The Morgan fingerprint density at radius 2 is 1.97 bits per heavy atom. The van der Waals surface area contributed by atoms with Gasteiger partial charge in [-0.25, -0.2) is 26.7 Å². The number of allylic oxidation sites excluding steroid dienone is 1. The van der Waals surface area contributed by atoms with E-state index in [2.05, 4.69) is 4.84 Å². The number of fused-ring (bicyclic) bond motifs is 1. The van der Waals surface area contributed by atoms with E-state index < -0.39 is 21.8 Å². The monoisotopic (exact) mass is 493 g/mol. The molecule has 0 aliphatic rings. The lowest BCUT2D eigenvalue weighted by atomic mass is 10.0. The molecule has 0 fully saturated rings. The maximum atomic E-state index is 14.6. The van der Waals surface area contributed by atoms with Crippen molar-refractivity contribution in [1.82, 2.24) is 13.7 Å². The highest BCUT2D eigenvalue weighted by atomic mass is 35.5. The van der Waals surface area contributed by atoms with E-state index in [1.807, 2.05) is 6.92 Å². The van der Waals surface area contributed by atoms with Gasteiger partial charge in [-0.3, -0.25) is 0 Å². The fourth-order valence-corrected chi connectivity index (χ4v) is 4.70. The van der Waals surface area contributed by atoms with Gasteiger partial charge in [-0.15, -0.1) is 0 Å². The van der Waals surface area contributed by atoms with Crippen molar-refractivity contribution in [1.29, 1.82) is 0 Å². The molecule has 7 nitrogen and oxygen atoms in total. The lowest BCUT2D eigenvalue weighted by molar-refractivity contribution is 0.0601. The summed E-state index contributed by atoms with van der Waals surface area (Å²) in [7, 11) is 0.593. The molecule has 0 amide bonds. The van der Waals surface area contributed by atoms with Crippen molar-refractivity contribution in [3.63, 3.8) is 0 Å². The fourth-order valence-electron chi connectivity index (χ4n) is 3.68. The van der Waals surface area contributed by atoms with E-state index in [-0.39, 0.29) is 18.0 Å². The molecule has 0 aliphatic carbocycles. The van der Waals surface area contributed by atoms with Gasteiger partial charge in [0.05, 0.1) is 29.6 Å². The number of rotatable bonds is 8. The molecule has 0 spiro atoms. The van der Waals surface area contributed by atoms with Crippen LogP contribution in [0.25, 0.3) is 22.0 Å². The van der Waals surface area contributed by atoms with Crippen LogP contribution in [0.3, 0.4) is 0 Å². The Balaban J connectivity index is 2.27. The molecule has 1 aromatic heterocycles. The van der Waals surface area contributed by atoms with E-state index in [0.717, 1.165) is 15.3 Å². The standard InChI is InChI=1S/C23H25ClFN3O4S/c1-15-22(16-6-5-7-19(12-16)33(30,31)27(2)3)20-9-8-17(23(29)32-4)13-21(20)28(15)14-18(25)10-11-26-24/h5-10,12-13,26H,11,14H2,1-4H3/b18-10-. The number of ether oxygens (including phenoxy) is 1. The van der Waals surface area contributed by atoms with E-state index in [9.17, 15) is 17.6 Å². The molecule has 0 saturated heterocycles. The average molecular weight is 494 g/mol. The minimum atomic E-state index is -3.64. The SMILES string of the molecule is COC(=O)c1ccc2c(-c3cccc(S(=O)(=O)N(C)C)c3)c(C)n(C/C(F)=C/CNCl)c2c1. The number of methoxy groups -OCH3 is 1. The van der Waals surface area contributed by atoms with Crippen molar-refractivity contribution in [3.05, 3.63) is 65.6 Å². The zero-order chi connectivity index (χ0) is 24.3. The summed E-state index contributed by atoms with van der Waals surface area (Å²) in [6, 6.07) is 11.6. The van der Waals surface area contributed by atoms with Crippen LogP contribution in [0.5, 0.6) is 0 Å². The summed E-state index contributed by atoms with van der Waals surface area (Å²) in [5, 5.41) is 0.753. The first-order chi connectivity index (χ1) is 15.6. The number of nitrogens with zero attached hydrogens (tertiary/aromatic N) is 2. The fraction of sp³-hybridized carbons (Fsp3) is 0.261. The van der Waals surface area contributed by atoms with Crippen LogP contribution in [0, 0.1) is 6.92 Å². The zero-order valence-electron chi connectivity index (χ0n) is 18.7. The number of esters is 1. The number of aromatic nitrogens is 1. The van der Waals surface area contributed by atoms with Crippen LogP contribution >= 0.6 is 11.8 Å². The predicted octanol–water partition coefficient (Wildman–Crippen LogP) is 4.25. The van der Waals surface area contributed by atoms with E-state index >= 15 is 0 Å². The number of nitrogens with one attached hydrogen (secondary N) is 1. The highest BCUT2D eigenvalue weighted by Gasteiger charge is 2.22. The van der Waals surface area contributed by atoms with Crippen LogP contribution in [-0.4, -0.2) is 51.0 Å². The van der Waals surface area contributed by atoms with Gasteiger partial charge in [0.15, 0.2) is 0 Å². The second-order valence-electron chi connectivity index (χ2n) is 7.57. The van der Waals surface area contributed by atoms with E-state index in [1.54, 1.807) is 41.0 Å². The number of sulfonamides is 1. The highest BCUT2D eigenvalue weighted by Crippen LogP contribution is 2.37. The number of carbonyl (C=O) groups is 1. The van der Waals surface area contributed by atoms with Gasteiger partial charge in [-0.05, 0) is 54.6 Å². The lowest BCUT2D eigenvalue weighted by Crippen LogP contribution is -2.22. The van der Waals surface area contributed by atoms with Crippen molar-refractivity contribution in [2.75, 3.05) is 27.7 Å². The first-order valence-corrected chi connectivity index (χ1v) is 11.9. The summed E-state index contributed by atoms with van der Waals surface area (Å²) in [5.41, 5.74) is 3.07. The molecule has 0 saturated carbocycles. The maximum absolute atomic E-state index is 14.6. The van der Waals surface area contributed by atoms with Crippen LogP contribution in [0.2, 0.25) is 0 Å². The first-order valence-electron chi connectivity index (χ1n) is 10.0. The molecule has 176 valence electrons. The molecule has 0 atom stereocenters. The molecular weight excluding hydrogens is 469 g/mol. The van der Waals surface area contributed by atoms with Gasteiger partial charge in [0.25, 0.3) is 0 Å². The lowest BCUT2D eigenvalue weighted by Gasteiger charge is -2.13. The van der Waals surface area contributed by atoms with Gasteiger partial charge < -0.3 is 9.30 Å². The maximum Gasteiger partial charge on any atom is 0.337 e. The Kier molecular flexibility index (Phi) is 7.58. The normalized spacial score (nSPS) is 12.5. The number of hydrogen-bond donors (Lipinski definition) is 1. The predicted molar refractivity (Wildman–Crippen MR) is 127 cm³/mol. The van der Waals surface area contributed by atoms with E-state index in [1.165, 1.54) is 33.3 Å². The van der Waals surface area contributed by atoms with Gasteiger partial charge >= 0.3 is 5.97 Å². The quantitative estimate of drug-likeness (QED) is 0.375. The molecular formula is C23H25ClFN3O4S. The summed E-state index contributed by atoms with van der Waals surface area (Å²) in [5.74, 6) is -0.924. The highest BCUT2D eigenvalue weighted by molar-refractivity contribution is 7.89. The number of hydrogen-bond acceptors (Lipinski definition) is 5. The van der Waals surface area contributed by atoms with Gasteiger partial charge in [0.1, 0.15) is 5.83 Å². The Morgan fingerprint density at radius 3 is 2.61 bits per heavy atom. The molecule has 2 aromatic carbocycles. The number of carbonyl (C=O) groups excluding carboxylic acids is 1. The Hall–Kier alpha value is -2.72. The Morgan fingerprint density at radius 1 is 1.24 bits per heavy atom. The van der Waals surface area contributed by atoms with E-state index in [0.29, 0.717) is 22.3 Å². The van der Waals surface area contributed by atoms with Crippen molar-refractivity contribution >= 4 is 38.7 Å².